The molecule has 0 aliphatic carbocycles. The first kappa shape index (κ1) is 16.5. The van der Waals surface area contributed by atoms with Crippen LogP contribution >= 0.6 is 12.4 Å². The van der Waals surface area contributed by atoms with Gasteiger partial charge in [0.1, 0.15) is 0 Å². The van der Waals surface area contributed by atoms with Crippen molar-refractivity contribution in [3.05, 3.63) is 18.0 Å². The zero-order valence-electron chi connectivity index (χ0n) is 12.3. The van der Waals surface area contributed by atoms with E-state index in [9.17, 15) is 0 Å². The van der Waals surface area contributed by atoms with E-state index in [1.54, 1.807) is 0 Å². The van der Waals surface area contributed by atoms with Crippen molar-refractivity contribution in [2.45, 2.75) is 52.2 Å². The van der Waals surface area contributed by atoms with Crippen LogP contribution in [0.2, 0.25) is 0 Å². The first-order valence-corrected chi connectivity index (χ1v) is 7.19. The molecule has 2 rings (SSSR count). The second kappa shape index (κ2) is 7.88. The summed E-state index contributed by atoms with van der Waals surface area (Å²) >= 11 is 0. The predicted molar refractivity (Wildman–Crippen MR) is 81.8 cm³/mol. The van der Waals surface area contributed by atoms with E-state index < -0.39 is 0 Å². The van der Waals surface area contributed by atoms with Gasteiger partial charge in [-0.3, -0.25) is 9.58 Å². The summed E-state index contributed by atoms with van der Waals surface area (Å²) in [7, 11) is 0. The van der Waals surface area contributed by atoms with Gasteiger partial charge >= 0.3 is 0 Å². The number of aromatic nitrogens is 2. The van der Waals surface area contributed by atoms with Gasteiger partial charge in [-0.25, -0.2) is 0 Å². The van der Waals surface area contributed by atoms with E-state index in [1.807, 2.05) is 4.68 Å². The fourth-order valence-corrected chi connectivity index (χ4v) is 2.59. The maximum Gasteiger partial charge on any atom is 0.0765 e. The van der Waals surface area contributed by atoms with Crippen molar-refractivity contribution in [3.63, 3.8) is 0 Å². The maximum absolute atomic E-state index is 4.65. The van der Waals surface area contributed by atoms with E-state index >= 15 is 0 Å². The van der Waals surface area contributed by atoms with Crippen molar-refractivity contribution < 1.29 is 0 Å². The molecule has 1 saturated heterocycles. The van der Waals surface area contributed by atoms with Gasteiger partial charge in [0.2, 0.25) is 0 Å². The van der Waals surface area contributed by atoms with E-state index in [1.165, 1.54) is 18.5 Å². The number of piperazine rings is 1. The third-order valence-electron chi connectivity index (χ3n) is 3.65. The van der Waals surface area contributed by atoms with Crippen molar-refractivity contribution in [3.8, 4) is 0 Å². The quantitative estimate of drug-likeness (QED) is 0.903. The lowest BCUT2D eigenvalue weighted by Crippen LogP contribution is -2.50. The van der Waals surface area contributed by atoms with Gasteiger partial charge in [-0.1, -0.05) is 13.3 Å². The monoisotopic (exact) mass is 286 g/mol. The standard InChI is InChI=1S/C14H26N4.ClH/c1-4-5-14-10-15-7-9-17(14)11-13-6-8-18(16-13)12(2)3;/h6,8,12,14-15H,4-5,7,9-11H2,1-3H3;1H. The summed E-state index contributed by atoms with van der Waals surface area (Å²) in [5.74, 6) is 0. The summed E-state index contributed by atoms with van der Waals surface area (Å²) in [6.07, 6.45) is 4.62. The van der Waals surface area contributed by atoms with E-state index in [0.29, 0.717) is 12.1 Å². The van der Waals surface area contributed by atoms with Crippen molar-refractivity contribution in [1.82, 2.24) is 20.0 Å². The summed E-state index contributed by atoms with van der Waals surface area (Å²) < 4.78 is 2.05. The summed E-state index contributed by atoms with van der Waals surface area (Å²) in [6.45, 7) is 11.0. The van der Waals surface area contributed by atoms with Crippen molar-refractivity contribution >= 4 is 12.4 Å². The second-order valence-electron chi connectivity index (χ2n) is 5.50. The number of rotatable bonds is 5. The molecule has 19 heavy (non-hydrogen) atoms. The van der Waals surface area contributed by atoms with Gasteiger partial charge in [0.05, 0.1) is 5.69 Å². The molecule has 110 valence electrons. The van der Waals surface area contributed by atoms with Crippen LogP contribution in [0.3, 0.4) is 0 Å². The highest BCUT2D eigenvalue weighted by Crippen LogP contribution is 2.14. The number of nitrogens with zero attached hydrogens (tertiary/aromatic N) is 3. The normalized spacial score (nSPS) is 20.5. The van der Waals surface area contributed by atoms with Crippen LogP contribution in [0.5, 0.6) is 0 Å². The third-order valence-corrected chi connectivity index (χ3v) is 3.65. The Morgan fingerprint density at radius 2 is 2.26 bits per heavy atom. The average molecular weight is 287 g/mol. The van der Waals surface area contributed by atoms with Gasteiger partial charge in [-0.05, 0) is 26.3 Å². The molecule has 4 nitrogen and oxygen atoms in total. The SMILES string of the molecule is CCCC1CNCCN1Cc1ccn(C(C)C)n1.Cl. The topological polar surface area (TPSA) is 33.1 Å². The van der Waals surface area contributed by atoms with E-state index in [0.717, 1.165) is 26.2 Å². The number of hydrogen-bond donors (Lipinski definition) is 1. The van der Waals surface area contributed by atoms with Gasteiger partial charge in [0, 0.05) is 44.5 Å². The average Bonchev–Trinajstić information content (AvgIpc) is 2.81. The highest BCUT2D eigenvalue weighted by molar-refractivity contribution is 5.85. The molecule has 5 heteroatoms. The largest absolute Gasteiger partial charge is 0.314 e. The van der Waals surface area contributed by atoms with Crippen LogP contribution < -0.4 is 5.32 Å². The van der Waals surface area contributed by atoms with Gasteiger partial charge in [-0.2, -0.15) is 5.10 Å². The van der Waals surface area contributed by atoms with E-state index in [-0.39, 0.29) is 12.4 Å². The molecule has 0 radical (unpaired) electrons. The Morgan fingerprint density at radius 3 is 2.89 bits per heavy atom. The molecule has 2 heterocycles. The summed E-state index contributed by atoms with van der Waals surface area (Å²) in [4.78, 5) is 2.58. The second-order valence-corrected chi connectivity index (χ2v) is 5.50. The molecule has 0 aromatic carbocycles. The highest BCUT2D eigenvalue weighted by Gasteiger charge is 2.21. The Morgan fingerprint density at radius 1 is 1.47 bits per heavy atom. The Hall–Kier alpha value is -0.580. The fourth-order valence-electron chi connectivity index (χ4n) is 2.59. The van der Waals surface area contributed by atoms with Crippen molar-refractivity contribution in [2.24, 2.45) is 0 Å². The Kier molecular flexibility index (Phi) is 6.83. The summed E-state index contributed by atoms with van der Waals surface area (Å²) in [5.41, 5.74) is 1.20. The van der Waals surface area contributed by atoms with Crippen LogP contribution in [0.25, 0.3) is 0 Å². The van der Waals surface area contributed by atoms with Gasteiger partial charge in [0.15, 0.2) is 0 Å². The van der Waals surface area contributed by atoms with Gasteiger partial charge in [0.25, 0.3) is 0 Å². The van der Waals surface area contributed by atoms with Gasteiger partial charge in [-0.15, -0.1) is 12.4 Å². The molecule has 1 aromatic rings. The summed E-state index contributed by atoms with van der Waals surface area (Å²) in [6, 6.07) is 3.28. The molecule has 0 amide bonds. The van der Waals surface area contributed by atoms with E-state index in [4.69, 9.17) is 0 Å². The lowest BCUT2D eigenvalue weighted by Gasteiger charge is -2.35. The number of nitrogens with one attached hydrogen (secondary N) is 1. The van der Waals surface area contributed by atoms with Crippen LogP contribution in [-0.2, 0) is 6.54 Å². The zero-order valence-corrected chi connectivity index (χ0v) is 13.1. The van der Waals surface area contributed by atoms with Gasteiger partial charge < -0.3 is 5.32 Å². The van der Waals surface area contributed by atoms with Crippen molar-refractivity contribution in [2.75, 3.05) is 19.6 Å². The molecule has 1 N–H and O–H groups in total. The lowest BCUT2D eigenvalue weighted by atomic mass is 10.1. The molecule has 0 spiro atoms. The molecule has 1 fully saturated rings. The Labute approximate surface area is 123 Å². The van der Waals surface area contributed by atoms with E-state index in [2.05, 4.69) is 48.3 Å². The fraction of sp³-hybridized carbons (Fsp3) is 0.786. The first-order valence-electron chi connectivity index (χ1n) is 7.19. The Bertz CT molecular complexity index is 362. The number of hydrogen-bond acceptors (Lipinski definition) is 3. The van der Waals surface area contributed by atoms with Crippen LogP contribution in [0.15, 0.2) is 12.3 Å². The predicted octanol–water partition coefficient (Wildman–Crippen LogP) is 2.46. The zero-order chi connectivity index (χ0) is 13.0. The molecule has 1 atom stereocenters. The van der Waals surface area contributed by atoms with Crippen LogP contribution in [0.1, 0.15) is 45.3 Å². The molecular weight excluding hydrogens is 260 g/mol. The summed E-state index contributed by atoms with van der Waals surface area (Å²) in [5, 5.41) is 8.14. The van der Waals surface area contributed by atoms with Crippen LogP contribution in [0, 0.1) is 0 Å². The smallest absolute Gasteiger partial charge is 0.0765 e. The molecular formula is C14H27ClN4. The minimum Gasteiger partial charge on any atom is -0.314 e. The third kappa shape index (κ3) is 4.48. The van der Waals surface area contributed by atoms with Crippen molar-refractivity contribution in [1.29, 1.82) is 0 Å². The van der Waals surface area contributed by atoms with Crippen LogP contribution in [0.4, 0.5) is 0 Å². The molecule has 0 bridgehead atoms. The molecule has 1 aliphatic heterocycles. The maximum atomic E-state index is 4.65. The molecule has 1 unspecified atom stereocenters. The number of halogens is 1. The first-order chi connectivity index (χ1) is 8.70. The van der Waals surface area contributed by atoms with Crippen LogP contribution in [-0.4, -0.2) is 40.4 Å². The Balaban J connectivity index is 0.00000180. The molecule has 1 aromatic heterocycles. The highest BCUT2D eigenvalue weighted by atomic mass is 35.5. The minimum absolute atomic E-state index is 0. The minimum atomic E-state index is 0. The molecule has 0 saturated carbocycles. The lowest BCUT2D eigenvalue weighted by molar-refractivity contribution is 0.142. The molecule has 1 aliphatic rings.